The van der Waals surface area contributed by atoms with E-state index in [0.717, 1.165) is 19.4 Å². The first-order valence-corrected chi connectivity index (χ1v) is 6.09. The highest BCUT2D eigenvalue weighted by Crippen LogP contribution is 2.22. The predicted molar refractivity (Wildman–Crippen MR) is 61.0 cm³/mol. The SMILES string of the molecule is CC1CCCC(C)N1CCCCC(=O)O. The van der Waals surface area contributed by atoms with Gasteiger partial charge in [0.05, 0.1) is 0 Å². The zero-order valence-electron chi connectivity index (χ0n) is 9.91. The fourth-order valence-electron chi connectivity index (χ4n) is 2.49. The lowest BCUT2D eigenvalue weighted by molar-refractivity contribution is -0.137. The number of carboxylic acids is 1. The molecule has 1 rings (SSSR count). The van der Waals surface area contributed by atoms with Crippen molar-refractivity contribution in [3.63, 3.8) is 0 Å². The van der Waals surface area contributed by atoms with Crippen LogP contribution < -0.4 is 0 Å². The van der Waals surface area contributed by atoms with Gasteiger partial charge in [0.2, 0.25) is 0 Å². The van der Waals surface area contributed by atoms with E-state index in [0.29, 0.717) is 18.5 Å². The molecule has 0 radical (unpaired) electrons. The Morgan fingerprint density at radius 2 is 1.87 bits per heavy atom. The van der Waals surface area contributed by atoms with Gasteiger partial charge in [-0.2, -0.15) is 0 Å². The van der Waals surface area contributed by atoms with Crippen LogP contribution in [-0.4, -0.2) is 34.6 Å². The number of hydrogen-bond donors (Lipinski definition) is 1. The molecule has 0 saturated carbocycles. The standard InChI is InChI=1S/C12H23NO2/c1-10-6-5-7-11(2)13(10)9-4-3-8-12(14)15/h10-11H,3-9H2,1-2H3,(H,14,15). The van der Waals surface area contributed by atoms with Gasteiger partial charge in [0.25, 0.3) is 0 Å². The average Bonchev–Trinajstić information content (AvgIpc) is 2.15. The molecule has 3 nitrogen and oxygen atoms in total. The summed E-state index contributed by atoms with van der Waals surface area (Å²) in [6, 6.07) is 1.36. The molecule has 0 amide bonds. The largest absolute Gasteiger partial charge is 0.481 e. The number of carbonyl (C=O) groups is 1. The smallest absolute Gasteiger partial charge is 0.303 e. The van der Waals surface area contributed by atoms with Gasteiger partial charge >= 0.3 is 5.97 Å². The molecule has 3 heteroatoms. The van der Waals surface area contributed by atoms with Crippen LogP contribution in [0.4, 0.5) is 0 Å². The summed E-state index contributed by atoms with van der Waals surface area (Å²) in [4.78, 5) is 12.9. The van der Waals surface area contributed by atoms with E-state index in [9.17, 15) is 4.79 Å². The molecular formula is C12H23NO2. The summed E-state index contributed by atoms with van der Waals surface area (Å²) in [5.41, 5.74) is 0. The van der Waals surface area contributed by atoms with Crippen molar-refractivity contribution in [2.75, 3.05) is 6.54 Å². The molecule has 1 fully saturated rings. The number of hydrogen-bond acceptors (Lipinski definition) is 2. The first-order chi connectivity index (χ1) is 7.11. The van der Waals surface area contributed by atoms with Crippen LogP contribution in [0.25, 0.3) is 0 Å². The predicted octanol–water partition coefficient (Wildman–Crippen LogP) is 2.50. The van der Waals surface area contributed by atoms with Gasteiger partial charge in [0.15, 0.2) is 0 Å². The van der Waals surface area contributed by atoms with E-state index in [1.807, 2.05) is 0 Å². The molecule has 0 spiro atoms. The first kappa shape index (κ1) is 12.5. The second-order valence-electron chi connectivity index (χ2n) is 4.72. The molecule has 1 aliphatic heterocycles. The van der Waals surface area contributed by atoms with Gasteiger partial charge in [-0.05, 0) is 46.1 Å². The summed E-state index contributed by atoms with van der Waals surface area (Å²) in [6.45, 7) is 5.63. The molecule has 0 aliphatic carbocycles. The second kappa shape index (κ2) is 6.11. The minimum Gasteiger partial charge on any atom is -0.481 e. The fourth-order valence-corrected chi connectivity index (χ4v) is 2.49. The zero-order chi connectivity index (χ0) is 11.3. The van der Waals surface area contributed by atoms with Crippen molar-refractivity contribution in [3.8, 4) is 0 Å². The highest BCUT2D eigenvalue weighted by atomic mass is 16.4. The molecule has 15 heavy (non-hydrogen) atoms. The van der Waals surface area contributed by atoms with Crippen LogP contribution in [0.3, 0.4) is 0 Å². The maximum atomic E-state index is 10.4. The van der Waals surface area contributed by atoms with Crippen molar-refractivity contribution in [2.45, 2.75) is 64.5 Å². The molecule has 2 unspecified atom stereocenters. The Morgan fingerprint density at radius 3 is 2.40 bits per heavy atom. The number of nitrogens with zero attached hydrogens (tertiary/aromatic N) is 1. The normalized spacial score (nSPS) is 27.9. The number of carboxylic acid groups (broad SMARTS) is 1. The molecule has 0 aromatic heterocycles. The topological polar surface area (TPSA) is 40.5 Å². The number of likely N-dealkylation sites (tertiary alicyclic amines) is 1. The Morgan fingerprint density at radius 1 is 1.27 bits per heavy atom. The van der Waals surface area contributed by atoms with Crippen LogP contribution in [0.5, 0.6) is 0 Å². The lowest BCUT2D eigenvalue weighted by Crippen LogP contribution is -2.44. The molecule has 2 atom stereocenters. The van der Waals surface area contributed by atoms with Gasteiger partial charge < -0.3 is 5.11 Å². The number of unbranched alkanes of at least 4 members (excludes halogenated alkanes) is 1. The van der Waals surface area contributed by atoms with Crippen molar-refractivity contribution < 1.29 is 9.90 Å². The highest BCUT2D eigenvalue weighted by molar-refractivity contribution is 5.66. The molecule has 1 aliphatic rings. The summed E-state index contributed by atoms with van der Waals surface area (Å²) in [5.74, 6) is -0.672. The molecule has 0 bridgehead atoms. The third kappa shape index (κ3) is 4.20. The summed E-state index contributed by atoms with van der Waals surface area (Å²) >= 11 is 0. The van der Waals surface area contributed by atoms with Crippen molar-refractivity contribution >= 4 is 5.97 Å². The average molecular weight is 213 g/mol. The van der Waals surface area contributed by atoms with Crippen LogP contribution in [0.2, 0.25) is 0 Å². The summed E-state index contributed by atoms with van der Waals surface area (Å²) in [7, 11) is 0. The molecule has 1 saturated heterocycles. The minimum absolute atomic E-state index is 0.316. The third-order valence-corrected chi connectivity index (χ3v) is 3.43. The maximum Gasteiger partial charge on any atom is 0.303 e. The van der Waals surface area contributed by atoms with Crippen LogP contribution in [0.15, 0.2) is 0 Å². The lowest BCUT2D eigenvalue weighted by Gasteiger charge is -2.39. The lowest BCUT2D eigenvalue weighted by atomic mass is 9.97. The Bertz CT molecular complexity index is 196. The Kier molecular flexibility index (Phi) is 5.09. The Balaban J connectivity index is 2.20. The van der Waals surface area contributed by atoms with Crippen LogP contribution in [0.1, 0.15) is 52.4 Å². The van der Waals surface area contributed by atoms with Crippen molar-refractivity contribution in [1.82, 2.24) is 4.90 Å². The van der Waals surface area contributed by atoms with E-state index >= 15 is 0 Å². The van der Waals surface area contributed by atoms with E-state index in [1.165, 1.54) is 19.3 Å². The first-order valence-electron chi connectivity index (χ1n) is 6.09. The van der Waals surface area contributed by atoms with E-state index in [4.69, 9.17) is 5.11 Å². The monoisotopic (exact) mass is 213 g/mol. The van der Waals surface area contributed by atoms with E-state index < -0.39 is 5.97 Å². The molecule has 88 valence electrons. The second-order valence-corrected chi connectivity index (χ2v) is 4.72. The van der Waals surface area contributed by atoms with Crippen LogP contribution in [-0.2, 0) is 4.79 Å². The van der Waals surface area contributed by atoms with Gasteiger partial charge in [-0.3, -0.25) is 9.69 Å². The van der Waals surface area contributed by atoms with E-state index in [1.54, 1.807) is 0 Å². The molecule has 0 aromatic carbocycles. The molecule has 1 N–H and O–H groups in total. The van der Waals surface area contributed by atoms with Gasteiger partial charge in [-0.1, -0.05) is 6.42 Å². The quantitative estimate of drug-likeness (QED) is 0.713. The zero-order valence-corrected chi connectivity index (χ0v) is 9.91. The summed E-state index contributed by atoms with van der Waals surface area (Å²) < 4.78 is 0. The minimum atomic E-state index is -0.672. The van der Waals surface area contributed by atoms with Crippen molar-refractivity contribution in [2.24, 2.45) is 0 Å². The van der Waals surface area contributed by atoms with Crippen molar-refractivity contribution in [1.29, 1.82) is 0 Å². The van der Waals surface area contributed by atoms with Crippen LogP contribution >= 0.6 is 0 Å². The van der Waals surface area contributed by atoms with Gasteiger partial charge in [0.1, 0.15) is 0 Å². The van der Waals surface area contributed by atoms with Crippen LogP contribution in [0, 0.1) is 0 Å². The van der Waals surface area contributed by atoms with Gasteiger partial charge in [-0.15, -0.1) is 0 Å². The highest BCUT2D eigenvalue weighted by Gasteiger charge is 2.23. The number of aliphatic carboxylic acids is 1. The molecule has 0 aromatic rings. The van der Waals surface area contributed by atoms with E-state index in [-0.39, 0.29) is 0 Å². The number of piperidine rings is 1. The fraction of sp³-hybridized carbons (Fsp3) is 0.917. The number of rotatable bonds is 5. The summed E-state index contributed by atoms with van der Waals surface area (Å²) in [6.07, 6.45) is 6.07. The Labute approximate surface area is 92.5 Å². The molecule has 1 heterocycles. The van der Waals surface area contributed by atoms with E-state index in [2.05, 4.69) is 18.7 Å². The van der Waals surface area contributed by atoms with Gasteiger partial charge in [-0.25, -0.2) is 0 Å². The molecular weight excluding hydrogens is 190 g/mol. The maximum absolute atomic E-state index is 10.4. The third-order valence-electron chi connectivity index (χ3n) is 3.43. The Hall–Kier alpha value is -0.570. The van der Waals surface area contributed by atoms with Crippen molar-refractivity contribution in [3.05, 3.63) is 0 Å². The van der Waals surface area contributed by atoms with Gasteiger partial charge in [0, 0.05) is 18.5 Å². The summed E-state index contributed by atoms with van der Waals surface area (Å²) in [5, 5.41) is 8.54.